The summed E-state index contributed by atoms with van der Waals surface area (Å²) >= 11 is 2.03. The number of hydrogen-bond donors (Lipinski definition) is 2. The Morgan fingerprint density at radius 1 is 1.56 bits per heavy atom. The molecule has 5 heteroatoms. The second kappa shape index (κ2) is 4.51. The van der Waals surface area contributed by atoms with E-state index in [1.807, 2.05) is 23.9 Å². The quantitative estimate of drug-likeness (QED) is 0.607. The van der Waals surface area contributed by atoms with Crippen molar-refractivity contribution in [2.75, 3.05) is 29.2 Å². The molecule has 1 fully saturated rings. The molecule has 16 heavy (non-hydrogen) atoms. The van der Waals surface area contributed by atoms with Gasteiger partial charge in [0, 0.05) is 41.5 Å². The summed E-state index contributed by atoms with van der Waals surface area (Å²) in [6.45, 7) is 6.72. The zero-order valence-electron chi connectivity index (χ0n) is 9.73. The zero-order chi connectivity index (χ0) is 11.6. The minimum atomic E-state index is 0.317. The van der Waals surface area contributed by atoms with Crippen LogP contribution in [0, 0.1) is 0 Å². The number of aromatic nitrogens is 1. The van der Waals surface area contributed by atoms with Gasteiger partial charge >= 0.3 is 0 Å². The predicted molar refractivity (Wildman–Crippen MR) is 70.8 cm³/mol. The first-order valence-corrected chi connectivity index (χ1v) is 6.41. The molecule has 2 heterocycles. The average molecular weight is 238 g/mol. The number of rotatable bonds is 2. The maximum Gasteiger partial charge on any atom is 0.141 e. The van der Waals surface area contributed by atoms with Crippen LogP contribution in [0.25, 0.3) is 0 Å². The van der Waals surface area contributed by atoms with Crippen LogP contribution in [0.3, 0.4) is 0 Å². The Morgan fingerprint density at radius 3 is 3.06 bits per heavy atom. The molecule has 88 valence electrons. The van der Waals surface area contributed by atoms with E-state index in [1.54, 1.807) is 6.20 Å². The first-order chi connectivity index (χ1) is 7.61. The van der Waals surface area contributed by atoms with Crippen molar-refractivity contribution in [3.05, 3.63) is 18.3 Å². The van der Waals surface area contributed by atoms with Crippen molar-refractivity contribution in [3.63, 3.8) is 0 Å². The fourth-order valence-electron chi connectivity index (χ4n) is 1.93. The summed E-state index contributed by atoms with van der Waals surface area (Å²) in [5.74, 6) is 7.25. The van der Waals surface area contributed by atoms with Crippen molar-refractivity contribution < 1.29 is 0 Å². The highest BCUT2D eigenvalue weighted by Crippen LogP contribution is 2.32. The van der Waals surface area contributed by atoms with E-state index in [4.69, 9.17) is 5.84 Å². The number of nitrogen functional groups attached to an aromatic ring is 1. The van der Waals surface area contributed by atoms with Crippen molar-refractivity contribution >= 4 is 23.3 Å². The van der Waals surface area contributed by atoms with E-state index in [1.165, 1.54) is 11.4 Å². The Labute approximate surface area is 101 Å². The third-order valence-corrected chi connectivity index (χ3v) is 3.98. The highest BCUT2D eigenvalue weighted by molar-refractivity contribution is 8.00. The zero-order valence-corrected chi connectivity index (χ0v) is 10.5. The first-order valence-electron chi connectivity index (χ1n) is 5.42. The van der Waals surface area contributed by atoms with Gasteiger partial charge in [-0.05, 0) is 19.9 Å². The topological polar surface area (TPSA) is 54.2 Å². The fourth-order valence-corrected chi connectivity index (χ4v) is 3.04. The van der Waals surface area contributed by atoms with Crippen LogP contribution in [-0.4, -0.2) is 28.6 Å². The van der Waals surface area contributed by atoms with Gasteiger partial charge in [0.25, 0.3) is 0 Å². The molecule has 1 saturated heterocycles. The normalized spacial score (nSPS) is 19.6. The Morgan fingerprint density at radius 2 is 2.38 bits per heavy atom. The third kappa shape index (κ3) is 2.59. The molecule has 0 saturated carbocycles. The fraction of sp³-hybridized carbons (Fsp3) is 0.545. The Bertz CT molecular complexity index is 367. The molecule has 0 amide bonds. The molecule has 0 unspecified atom stereocenters. The van der Waals surface area contributed by atoms with Gasteiger partial charge in [0.1, 0.15) is 5.82 Å². The smallest absolute Gasteiger partial charge is 0.141 e. The largest absolute Gasteiger partial charge is 0.369 e. The lowest BCUT2D eigenvalue weighted by molar-refractivity contribution is 0.647. The maximum atomic E-state index is 5.37. The van der Waals surface area contributed by atoms with E-state index in [9.17, 15) is 0 Å². The molecular weight excluding hydrogens is 220 g/mol. The molecule has 3 N–H and O–H groups in total. The Hall–Kier alpha value is -0.940. The van der Waals surface area contributed by atoms with E-state index < -0.39 is 0 Å². The second-order valence-corrected chi connectivity index (χ2v) is 6.38. The number of pyridine rings is 1. The minimum absolute atomic E-state index is 0.317. The van der Waals surface area contributed by atoms with Crippen LogP contribution in [0.1, 0.15) is 13.8 Å². The van der Waals surface area contributed by atoms with Gasteiger partial charge in [-0.1, -0.05) is 0 Å². The number of hydrogen-bond acceptors (Lipinski definition) is 5. The van der Waals surface area contributed by atoms with Gasteiger partial charge in [-0.3, -0.25) is 0 Å². The second-order valence-electron chi connectivity index (χ2n) is 4.57. The molecule has 0 radical (unpaired) electrons. The van der Waals surface area contributed by atoms with Gasteiger partial charge in [-0.2, -0.15) is 11.8 Å². The number of thioether (sulfide) groups is 1. The molecular formula is C11H18N4S. The van der Waals surface area contributed by atoms with Crippen molar-refractivity contribution in [1.29, 1.82) is 0 Å². The van der Waals surface area contributed by atoms with Gasteiger partial charge in [0.2, 0.25) is 0 Å². The highest BCUT2D eigenvalue weighted by Gasteiger charge is 2.27. The van der Waals surface area contributed by atoms with Crippen molar-refractivity contribution in [1.82, 2.24) is 4.98 Å². The van der Waals surface area contributed by atoms with Crippen LogP contribution in [-0.2, 0) is 0 Å². The molecule has 1 aliphatic rings. The molecule has 1 aliphatic heterocycles. The van der Waals surface area contributed by atoms with Crippen molar-refractivity contribution in [3.8, 4) is 0 Å². The van der Waals surface area contributed by atoms with Gasteiger partial charge < -0.3 is 10.3 Å². The number of hydrazine groups is 1. The predicted octanol–water partition coefficient (Wildman–Crippen LogP) is 1.70. The van der Waals surface area contributed by atoms with Crippen molar-refractivity contribution in [2.24, 2.45) is 5.84 Å². The van der Waals surface area contributed by atoms with E-state index in [-0.39, 0.29) is 0 Å². The molecule has 1 aromatic heterocycles. The lowest BCUT2D eigenvalue weighted by atomic mass is 10.1. The number of nitrogens with one attached hydrogen (secondary N) is 1. The van der Waals surface area contributed by atoms with Crippen LogP contribution in [0.15, 0.2) is 18.3 Å². The van der Waals surface area contributed by atoms with Crippen LogP contribution < -0.4 is 16.2 Å². The van der Waals surface area contributed by atoms with E-state index in [0.717, 1.165) is 13.1 Å². The lowest BCUT2D eigenvalue weighted by Crippen LogP contribution is -2.43. The van der Waals surface area contributed by atoms with Gasteiger partial charge in [-0.15, -0.1) is 0 Å². The number of nitrogens with two attached hydrogens (primary N) is 1. The lowest BCUT2D eigenvalue weighted by Gasteiger charge is -2.39. The summed E-state index contributed by atoms with van der Waals surface area (Å²) in [7, 11) is 0. The summed E-state index contributed by atoms with van der Waals surface area (Å²) < 4.78 is 0.317. The van der Waals surface area contributed by atoms with E-state index in [0.29, 0.717) is 10.6 Å². The molecule has 1 aromatic rings. The summed E-state index contributed by atoms with van der Waals surface area (Å²) in [5, 5.41) is 0. The summed E-state index contributed by atoms with van der Waals surface area (Å²) in [6, 6.07) is 4.03. The van der Waals surface area contributed by atoms with E-state index >= 15 is 0 Å². The van der Waals surface area contributed by atoms with Crippen LogP contribution in [0.2, 0.25) is 0 Å². The molecule has 4 nitrogen and oxygen atoms in total. The van der Waals surface area contributed by atoms with E-state index in [2.05, 4.69) is 29.2 Å². The molecule has 0 aliphatic carbocycles. The molecule has 0 bridgehead atoms. The standard InChI is InChI=1S/C11H18N4S/c1-11(2)8-15(5-6-16-11)9-3-4-13-10(7-9)14-12/h3-4,7H,5-6,8,12H2,1-2H3,(H,13,14). The molecule has 0 spiro atoms. The average Bonchev–Trinajstić information content (AvgIpc) is 2.28. The van der Waals surface area contributed by atoms with Gasteiger partial charge in [0.05, 0.1) is 0 Å². The molecule has 0 aromatic carbocycles. The van der Waals surface area contributed by atoms with Gasteiger partial charge in [-0.25, -0.2) is 10.8 Å². The van der Waals surface area contributed by atoms with Crippen LogP contribution in [0.4, 0.5) is 11.5 Å². The SMILES string of the molecule is CC1(C)CN(c2ccnc(NN)c2)CCS1. The molecule has 2 rings (SSSR count). The monoisotopic (exact) mass is 238 g/mol. The summed E-state index contributed by atoms with van der Waals surface area (Å²) in [4.78, 5) is 6.51. The minimum Gasteiger partial charge on any atom is -0.369 e. The van der Waals surface area contributed by atoms with Crippen LogP contribution in [0.5, 0.6) is 0 Å². The number of anilines is 2. The maximum absolute atomic E-state index is 5.37. The summed E-state index contributed by atoms with van der Waals surface area (Å²) in [5.41, 5.74) is 3.78. The van der Waals surface area contributed by atoms with Crippen molar-refractivity contribution in [2.45, 2.75) is 18.6 Å². The Balaban J connectivity index is 2.16. The Kier molecular flexibility index (Phi) is 3.25. The first kappa shape index (κ1) is 11.5. The summed E-state index contributed by atoms with van der Waals surface area (Å²) in [6.07, 6.45) is 1.79. The van der Waals surface area contributed by atoms with Gasteiger partial charge in [0.15, 0.2) is 0 Å². The molecule has 0 atom stereocenters. The third-order valence-electron chi connectivity index (χ3n) is 2.68. The number of nitrogens with zero attached hydrogens (tertiary/aromatic N) is 2. The van der Waals surface area contributed by atoms with Crippen LogP contribution >= 0.6 is 11.8 Å². The highest BCUT2D eigenvalue weighted by atomic mass is 32.2.